The lowest BCUT2D eigenvalue weighted by molar-refractivity contribution is -0.138. The minimum atomic E-state index is -0.821. The zero-order valence-corrected chi connectivity index (χ0v) is 17.9. The van der Waals surface area contributed by atoms with Crippen LogP contribution in [-0.4, -0.2) is 91.2 Å². The predicted octanol–water partition coefficient (Wildman–Crippen LogP) is 1.96. The number of likely N-dealkylation sites (N-methyl/N-ethyl adjacent to an activating group) is 2. The summed E-state index contributed by atoms with van der Waals surface area (Å²) in [4.78, 5) is 28.9. The first kappa shape index (κ1) is 25.1. The van der Waals surface area contributed by atoms with E-state index in [1.807, 2.05) is 11.9 Å². The Morgan fingerprint density at radius 1 is 1.24 bits per heavy atom. The summed E-state index contributed by atoms with van der Waals surface area (Å²) in [5.41, 5.74) is 0. The van der Waals surface area contributed by atoms with Gasteiger partial charge < -0.3 is 14.7 Å². The molecule has 0 aromatic heterocycles. The first-order chi connectivity index (χ1) is 13.4. The minimum Gasteiger partial charge on any atom is -0.489 e. The largest absolute Gasteiger partial charge is 0.489 e. The van der Waals surface area contributed by atoms with E-state index in [1.54, 1.807) is 30.1 Å². The van der Waals surface area contributed by atoms with Gasteiger partial charge in [0, 0.05) is 19.6 Å². The van der Waals surface area contributed by atoms with Gasteiger partial charge in [0.15, 0.2) is 11.6 Å². The Kier molecular flexibility index (Phi) is 10.9. The van der Waals surface area contributed by atoms with Crippen molar-refractivity contribution in [1.82, 2.24) is 14.7 Å². The van der Waals surface area contributed by atoms with E-state index in [0.29, 0.717) is 13.1 Å². The van der Waals surface area contributed by atoms with E-state index in [0.717, 1.165) is 32.4 Å². The van der Waals surface area contributed by atoms with Crippen molar-refractivity contribution in [2.24, 2.45) is 0 Å². The zero-order chi connectivity index (χ0) is 20.5. The minimum absolute atomic E-state index is 0. The van der Waals surface area contributed by atoms with E-state index in [-0.39, 0.29) is 43.3 Å². The molecule has 1 unspecified atom stereocenters. The molecule has 1 aliphatic rings. The second kappa shape index (κ2) is 12.6. The van der Waals surface area contributed by atoms with Gasteiger partial charge in [0.1, 0.15) is 6.61 Å². The number of aliphatic carboxylic acids is 1. The highest BCUT2D eigenvalue weighted by atomic mass is 35.5. The average Bonchev–Trinajstić information content (AvgIpc) is 2.88. The van der Waals surface area contributed by atoms with Gasteiger partial charge in [0.05, 0.1) is 19.6 Å². The zero-order valence-electron chi connectivity index (χ0n) is 17.1. The van der Waals surface area contributed by atoms with Crippen molar-refractivity contribution >= 4 is 24.3 Å². The molecule has 1 aliphatic heterocycles. The van der Waals surface area contributed by atoms with E-state index < -0.39 is 11.8 Å². The number of nitrogens with zero attached hydrogens (tertiary/aromatic N) is 3. The van der Waals surface area contributed by atoms with Crippen LogP contribution in [0.3, 0.4) is 0 Å². The van der Waals surface area contributed by atoms with Gasteiger partial charge in [0.2, 0.25) is 5.91 Å². The molecule has 1 N–H and O–H groups in total. The first-order valence-corrected chi connectivity index (χ1v) is 9.62. The Morgan fingerprint density at radius 2 is 1.97 bits per heavy atom. The number of carbonyl (C=O) groups is 2. The molecule has 0 saturated carbocycles. The third-order valence-electron chi connectivity index (χ3n) is 5.10. The first-order valence-electron chi connectivity index (χ1n) is 9.62. The van der Waals surface area contributed by atoms with Gasteiger partial charge in [-0.3, -0.25) is 19.4 Å². The molecule has 1 aromatic carbocycles. The summed E-state index contributed by atoms with van der Waals surface area (Å²) in [6.45, 7) is 2.55. The van der Waals surface area contributed by atoms with E-state index in [1.165, 1.54) is 6.07 Å². The van der Waals surface area contributed by atoms with Crippen molar-refractivity contribution in [2.75, 3.05) is 53.4 Å². The standard InChI is InChI=1S/C20H30FN3O4.ClH/c1-22(12-13-28-18-8-4-3-7-17(18)21)19(25)14-24-10-5-6-16(9-11-24)23(2)15-20(26)27;/h3-4,7-8,16H,5-6,9-15H2,1-2H3,(H,26,27);1H. The molecule has 0 bridgehead atoms. The summed E-state index contributed by atoms with van der Waals surface area (Å²) < 4.78 is 18.9. The van der Waals surface area contributed by atoms with Crippen LogP contribution in [0.5, 0.6) is 5.75 Å². The fraction of sp³-hybridized carbons (Fsp3) is 0.600. The van der Waals surface area contributed by atoms with Crippen molar-refractivity contribution in [1.29, 1.82) is 0 Å². The van der Waals surface area contributed by atoms with Crippen LogP contribution in [0.4, 0.5) is 4.39 Å². The van der Waals surface area contributed by atoms with E-state index in [9.17, 15) is 14.0 Å². The third-order valence-corrected chi connectivity index (χ3v) is 5.10. The highest BCUT2D eigenvalue weighted by Gasteiger charge is 2.23. The number of likely N-dealkylation sites (tertiary alicyclic amines) is 1. The van der Waals surface area contributed by atoms with Gasteiger partial charge in [-0.2, -0.15) is 0 Å². The second-order valence-corrected chi connectivity index (χ2v) is 7.26. The van der Waals surface area contributed by atoms with Gasteiger partial charge in [-0.25, -0.2) is 4.39 Å². The van der Waals surface area contributed by atoms with Crippen LogP contribution in [-0.2, 0) is 9.59 Å². The molecule has 1 amide bonds. The Balaban J connectivity index is 0.00000420. The summed E-state index contributed by atoms with van der Waals surface area (Å²) >= 11 is 0. The number of carboxylic acids is 1. The molecule has 1 saturated heterocycles. The number of para-hydroxylation sites is 1. The van der Waals surface area contributed by atoms with Crippen LogP contribution in [0, 0.1) is 5.82 Å². The van der Waals surface area contributed by atoms with Crippen LogP contribution < -0.4 is 4.74 Å². The number of amides is 1. The average molecular weight is 432 g/mol. The maximum Gasteiger partial charge on any atom is 0.317 e. The number of carbonyl (C=O) groups excluding carboxylic acids is 1. The van der Waals surface area contributed by atoms with Gasteiger partial charge in [-0.15, -0.1) is 12.4 Å². The molecule has 9 heteroatoms. The second-order valence-electron chi connectivity index (χ2n) is 7.26. The lowest BCUT2D eigenvalue weighted by Gasteiger charge is -2.26. The third kappa shape index (κ3) is 8.55. The molecule has 1 aromatic rings. The smallest absolute Gasteiger partial charge is 0.317 e. The van der Waals surface area contributed by atoms with Gasteiger partial charge in [-0.1, -0.05) is 12.1 Å². The summed E-state index contributed by atoms with van der Waals surface area (Å²) in [5, 5.41) is 8.94. The van der Waals surface area contributed by atoms with Crippen LogP contribution in [0.25, 0.3) is 0 Å². The molecule has 2 rings (SSSR count). The summed E-state index contributed by atoms with van der Waals surface area (Å²) in [7, 11) is 3.55. The topological polar surface area (TPSA) is 73.3 Å². The molecule has 0 spiro atoms. The molecule has 29 heavy (non-hydrogen) atoms. The quantitative estimate of drug-likeness (QED) is 0.644. The van der Waals surface area contributed by atoms with Gasteiger partial charge in [-0.05, 0) is 45.0 Å². The molecule has 1 fully saturated rings. The van der Waals surface area contributed by atoms with E-state index in [2.05, 4.69) is 4.90 Å². The van der Waals surface area contributed by atoms with Crippen molar-refractivity contribution in [2.45, 2.75) is 25.3 Å². The lowest BCUT2D eigenvalue weighted by atomic mass is 10.1. The van der Waals surface area contributed by atoms with Crippen molar-refractivity contribution in [3.05, 3.63) is 30.1 Å². The number of carboxylic acid groups (broad SMARTS) is 1. The normalized spacial score (nSPS) is 17.3. The number of rotatable bonds is 9. The fourth-order valence-electron chi connectivity index (χ4n) is 3.37. The SMILES string of the molecule is CN(CCOc1ccccc1F)C(=O)CN1CCCC(N(C)CC(=O)O)CC1.Cl. The maximum atomic E-state index is 13.5. The van der Waals surface area contributed by atoms with Crippen LogP contribution in [0.15, 0.2) is 24.3 Å². The lowest BCUT2D eigenvalue weighted by Crippen LogP contribution is -2.41. The molecule has 0 aliphatic carbocycles. The number of halogens is 2. The van der Waals surface area contributed by atoms with Gasteiger partial charge in [0.25, 0.3) is 0 Å². The highest BCUT2D eigenvalue weighted by molar-refractivity contribution is 5.85. The van der Waals surface area contributed by atoms with E-state index in [4.69, 9.17) is 9.84 Å². The number of hydrogen-bond acceptors (Lipinski definition) is 5. The molecule has 1 heterocycles. The van der Waals surface area contributed by atoms with Gasteiger partial charge >= 0.3 is 5.97 Å². The van der Waals surface area contributed by atoms with E-state index >= 15 is 0 Å². The number of hydrogen-bond donors (Lipinski definition) is 1. The predicted molar refractivity (Wildman–Crippen MR) is 111 cm³/mol. The Bertz CT molecular complexity index is 664. The number of benzene rings is 1. The van der Waals surface area contributed by atoms with Crippen molar-refractivity contribution in [3.8, 4) is 5.75 Å². The van der Waals surface area contributed by atoms with Crippen LogP contribution in [0.2, 0.25) is 0 Å². The van der Waals surface area contributed by atoms with Crippen LogP contribution in [0.1, 0.15) is 19.3 Å². The molecule has 164 valence electrons. The molecule has 7 nitrogen and oxygen atoms in total. The fourth-order valence-corrected chi connectivity index (χ4v) is 3.37. The van der Waals surface area contributed by atoms with Crippen LogP contribution >= 0.6 is 12.4 Å². The number of ether oxygens (including phenoxy) is 1. The van der Waals surface area contributed by atoms with Crippen molar-refractivity contribution < 1.29 is 23.8 Å². The molecule has 0 radical (unpaired) electrons. The molecular weight excluding hydrogens is 401 g/mol. The summed E-state index contributed by atoms with van der Waals surface area (Å²) in [6, 6.07) is 6.43. The van der Waals surface area contributed by atoms with Crippen molar-refractivity contribution in [3.63, 3.8) is 0 Å². The summed E-state index contributed by atoms with van der Waals surface area (Å²) in [5.74, 6) is -1.05. The maximum absolute atomic E-state index is 13.5. The Hall–Kier alpha value is -1.90. The monoisotopic (exact) mass is 431 g/mol. The Labute approximate surface area is 177 Å². The highest BCUT2D eigenvalue weighted by Crippen LogP contribution is 2.16. The Morgan fingerprint density at radius 3 is 2.66 bits per heavy atom. The molecular formula is C20H31ClFN3O4. The molecule has 1 atom stereocenters. The summed E-state index contributed by atoms with van der Waals surface area (Å²) in [6.07, 6.45) is 2.71.